The van der Waals surface area contributed by atoms with E-state index in [9.17, 15) is 4.79 Å². The van der Waals surface area contributed by atoms with Gasteiger partial charge >= 0.3 is 0 Å². The van der Waals surface area contributed by atoms with Gasteiger partial charge in [-0.25, -0.2) is 0 Å². The van der Waals surface area contributed by atoms with Crippen molar-refractivity contribution in [1.29, 1.82) is 0 Å². The Kier molecular flexibility index (Phi) is 7.53. The number of hydrogen-bond acceptors (Lipinski definition) is 3. The minimum atomic E-state index is -0.348. The van der Waals surface area contributed by atoms with Gasteiger partial charge in [-0.1, -0.05) is 18.2 Å². The first-order valence-electron chi connectivity index (χ1n) is 6.31. The van der Waals surface area contributed by atoms with Crippen LogP contribution in [0.2, 0.25) is 0 Å². The molecule has 1 aromatic rings. The van der Waals surface area contributed by atoms with Gasteiger partial charge in [0.05, 0.1) is 6.10 Å². The molecule has 0 spiro atoms. The normalized spacial score (nSPS) is 12.1. The van der Waals surface area contributed by atoms with Gasteiger partial charge in [0.1, 0.15) is 0 Å². The number of carbonyl (C=O) groups excluding carboxylic acids is 1. The third-order valence-corrected chi connectivity index (χ3v) is 3.54. The second-order valence-electron chi connectivity index (χ2n) is 4.25. The largest absolute Gasteiger partial charge is 0.393 e. The number of thioether (sulfide) groups is 1. The van der Waals surface area contributed by atoms with Gasteiger partial charge in [0, 0.05) is 17.9 Å². The summed E-state index contributed by atoms with van der Waals surface area (Å²) in [7, 11) is 0. The van der Waals surface area contributed by atoms with Crippen molar-refractivity contribution >= 4 is 17.7 Å². The molecule has 1 unspecified atom stereocenters. The molecular formula is C14H21NO2S. The van der Waals surface area contributed by atoms with E-state index < -0.39 is 0 Å². The van der Waals surface area contributed by atoms with E-state index in [4.69, 9.17) is 5.11 Å². The lowest BCUT2D eigenvalue weighted by molar-refractivity contribution is -0.121. The van der Waals surface area contributed by atoms with Gasteiger partial charge in [-0.3, -0.25) is 4.79 Å². The van der Waals surface area contributed by atoms with Crippen LogP contribution in [0.3, 0.4) is 0 Å². The summed E-state index contributed by atoms with van der Waals surface area (Å²) in [5.41, 5.74) is 0. The van der Waals surface area contributed by atoms with Crippen LogP contribution in [0.25, 0.3) is 0 Å². The number of aliphatic hydroxyl groups excluding tert-OH is 1. The molecule has 0 saturated carbocycles. The Morgan fingerprint density at radius 3 is 2.78 bits per heavy atom. The lowest BCUT2D eigenvalue weighted by atomic mass is 10.2. The SMILES string of the molecule is CC(O)CCNC(=O)CCCSc1ccccc1. The van der Waals surface area contributed by atoms with E-state index in [0.717, 1.165) is 12.2 Å². The molecule has 0 aromatic heterocycles. The molecule has 0 heterocycles. The van der Waals surface area contributed by atoms with Crippen LogP contribution in [0.4, 0.5) is 0 Å². The van der Waals surface area contributed by atoms with Crippen molar-refractivity contribution < 1.29 is 9.90 Å². The van der Waals surface area contributed by atoms with Crippen LogP contribution in [-0.4, -0.2) is 29.4 Å². The smallest absolute Gasteiger partial charge is 0.220 e. The molecule has 4 heteroatoms. The Balaban J connectivity index is 2.02. The first-order chi connectivity index (χ1) is 8.68. The lowest BCUT2D eigenvalue weighted by Crippen LogP contribution is -2.26. The summed E-state index contributed by atoms with van der Waals surface area (Å²) < 4.78 is 0. The monoisotopic (exact) mass is 267 g/mol. The molecule has 0 aliphatic rings. The fourth-order valence-corrected chi connectivity index (χ4v) is 2.32. The van der Waals surface area contributed by atoms with Gasteiger partial charge in [-0.2, -0.15) is 0 Å². The maximum absolute atomic E-state index is 11.4. The molecule has 1 atom stereocenters. The van der Waals surface area contributed by atoms with Crippen molar-refractivity contribution in [3.8, 4) is 0 Å². The van der Waals surface area contributed by atoms with E-state index in [2.05, 4.69) is 17.4 Å². The Labute approximate surface area is 113 Å². The van der Waals surface area contributed by atoms with Crippen LogP contribution in [0.5, 0.6) is 0 Å². The summed E-state index contributed by atoms with van der Waals surface area (Å²) in [4.78, 5) is 12.7. The third-order valence-electron chi connectivity index (χ3n) is 2.44. The molecule has 100 valence electrons. The highest BCUT2D eigenvalue weighted by molar-refractivity contribution is 7.99. The van der Waals surface area contributed by atoms with Crippen molar-refractivity contribution in [2.24, 2.45) is 0 Å². The zero-order valence-corrected chi connectivity index (χ0v) is 11.6. The molecule has 1 rings (SSSR count). The van der Waals surface area contributed by atoms with Crippen LogP contribution < -0.4 is 5.32 Å². The number of benzene rings is 1. The Morgan fingerprint density at radius 2 is 2.11 bits per heavy atom. The summed E-state index contributed by atoms with van der Waals surface area (Å²) in [5.74, 6) is 1.03. The van der Waals surface area contributed by atoms with Crippen molar-refractivity contribution in [1.82, 2.24) is 5.32 Å². The van der Waals surface area contributed by atoms with Crippen molar-refractivity contribution in [2.45, 2.75) is 37.2 Å². The van der Waals surface area contributed by atoms with Crippen LogP contribution >= 0.6 is 11.8 Å². The average Bonchev–Trinajstić information content (AvgIpc) is 2.35. The predicted octanol–water partition coefficient (Wildman–Crippen LogP) is 2.45. The van der Waals surface area contributed by atoms with Crippen LogP contribution in [0, 0.1) is 0 Å². The Hall–Kier alpha value is -1.00. The van der Waals surface area contributed by atoms with Gasteiger partial charge in [-0.05, 0) is 37.7 Å². The molecular weight excluding hydrogens is 246 g/mol. The molecule has 1 aromatic carbocycles. The first kappa shape index (κ1) is 15.1. The van der Waals surface area contributed by atoms with Crippen LogP contribution in [0.15, 0.2) is 35.2 Å². The zero-order chi connectivity index (χ0) is 13.2. The molecule has 18 heavy (non-hydrogen) atoms. The van der Waals surface area contributed by atoms with Gasteiger partial charge < -0.3 is 10.4 Å². The molecule has 1 amide bonds. The molecule has 3 nitrogen and oxygen atoms in total. The number of hydrogen-bond donors (Lipinski definition) is 2. The summed E-state index contributed by atoms with van der Waals surface area (Å²) in [6.45, 7) is 2.28. The highest BCUT2D eigenvalue weighted by Gasteiger charge is 2.02. The van der Waals surface area contributed by atoms with E-state index in [1.54, 1.807) is 18.7 Å². The molecule has 0 fully saturated rings. The topological polar surface area (TPSA) is 49.3 Å². The van der Waals surface area contributed by atoms with E-state index in [0.29, 0.717) is 19.4 Å². The number of rotatable bonds is 8. The highest BCUT2D eigenvalue weighted by atomic mass is 32.2. The van der Waals surface area contributed by atoms with Gasteiger partial charge in [0.25, 0.3) is 0 Å². The van der Waals surface area contributed by atoms with E-state index in [1.165, 1.54) is 4.90 Å². The summed E-state index contributed by atoms with van der Waals surface area (Å²) in [5, 5.41) is 11.9. The Bertz CT molecular complexity index is 341. The minimum absolute atomic E-state index is 0.0734. The van der Waals surface area contributed by atoms with Gasteiger partial charge in [0.15, 0.2) is 0 Å². The second kappa shape index (κ2) is 9.00. The van der Waals surface area contributed by atoms with E-state index >= 15 is 0 Å². The molecule has 0 aliphatic carbocycles. The molecule has 0 radical (unpaired) electrons. The predicted molar refractivity (Wildman–Crippen MR) is 75.7 cm³/mol. The molecule has 0 saturated heterocycles. The second-order valence-corrected chi connectivity index (χ2v) is 5.42. The van der Waals surface area contributed by atoms with Crippen LogP contribution in [-0.2, 0) is 4.79 Å². The fourth-order valence-electron chi connectivity index (χ4n) is 1.45. The molecule has 0 bridgehead atoms. The quantitative estimate of drug-likeness (QED) is 0.562. The van der Waals surface area contributed by atoms with Crippen molar-refractivity contribution in [2.75, 3.05) is 12.3 Å². The third kappa shape index (κ3) is 7.35. The summed E-state index contributed by atoms with van der Waals surface area (Å²) in [6.07, 6.45) is 1.70. The number of nitrogens with one attached hydrogen (secondary N) is 1. The lowest BCUT2D eigenvalue weighted by Gasteiger charge is -2.06. The zero-order valence-electron chi connectivity index (χ0n) is 10.8. The summed E-state index contributed by atoms with van der Waals surface area (Å²) in [6, 6.07) is 10.2. The van der Waals surface area contributed by atoms with E-state index in [1.807, 2.05) is 18.2 Å². The van der Waals surface area contributed by atoms with Crippen molar-refractivity contribution in [3.63, 3.8) is 0 Å². The average molecular weight is 267 g/mol. The van der Waals surface area contributed by atoms with Gasteiger partial charge in [-0.15, -0.1) is 11.8 Å². The molecule has 0 aliphatic heterocycles. The molecule has 2 N–H and O–H groups in total. The minimum Gasteiger partial charge on any atom is -0.393 e. The van der Waals surface area contributed by atoms with Crippen molar-refractivity contribution in [3.05, 3.63) is 30.3 Å². The van der Waals surface area contributed by atoms with Gasteiger partial charge in [0.2, 0.25) is 5.91 Å². The number of carbonyl (C=O) groups is 1. The number of aliphatic hydroxyl groups is 1. The first-order valence-corrected chi connectivity index (χ1v) is 7.29. The Morgan fingerprint density at radius 1 is 1.39 bits per heavy atom. The fraction of sp³-hybridized carbons (Fsp3) is 0.500. The standard InChI is InChI=1S/C14H21NO2S/c1-12(16)9-10-15-14(17)8-5-11-18-13-6-3-2-4-7-13/h2-4,6-7,12,16H,5,8-11H2,1H3,(H,15,17). The maximum Gasteiger partial charge on any atom is 0.220 e. The maximum atomic E-state index is 11.4. The number of amides is 1. The highest BCUT2D eigenvalue weighted by Crippen LogP contribution is 2.18. The van der Waals surface area contributed by atoms with Crippen LogP contribution in [0.1, 0.15) is 26.2 Å². The summed E-state index contributed by atoms with van der Waals surface area (Å²) >= 11 is 1.77. The van der Waals surface area contributed by atoms with E-state index in [-0.39, 0.29) is 12.0 Å².